The Morgan fingerprint density at radius 1 is 1.35 bits per heavy atom. The molecule has 0 aliphatic carbocycles. The van der Waals surface area contributed by atoms with E-state index in [0.29, 0.717) is 13.1 Å². The smallest absolute Gasteiger partial charge is 0.407 e. The summed E-state index contributed by atoms with van der Waals surface area (Å²) in [6, 6.07) is 8.39. The number of halogens is 1. The van der Waals surface area contributed by atoms with E-state index in [2.05, 4.69) is 32.6 Å². The fourth-order valence-corrected chi connectivity index (χ4v) is 2.74. The second kappa shape index (κ2) is 3.77. The van der Waals surface area contributed by atoms with Crippen LogP contribution in [0.15, 0.2) is 34.9 Å². The third-order valence-electron chi connectivity index (χ3n) is 3.24. The lowest BCUT2D eigenvalue weighted by molar-refractivity contribution is 0.0871. The standard InChI is InChI=1S/C12H11BrN2O2/c13-10-2-1-3-11-9(10)4-5-15(11)8-6-14(7-8)12(16)17/h1-5,8H,6-7H2,(H,16,17). The molecule has 1 amide bonds. The second-order valence-corrected chi connectivity index (χ2v) is 5.09. The molecule has 0 atom stereocenters. The predicted molar refractivity (Wildman–Crippen MR) is 68.3 cm³/mol. The maximum atomic E-state index is 10.7. The summed E-state index contributed by atoms with van der Waals surface area (Å²) in [5.74, 6) is 0. The zero-order chi connectivity index (χ0) is 12.0. The molecule has 0 spiro atoms. The van der Waals surface area contributed by atoms with Crippen LogP contribution in [0.2, 0.25) is 0 Å². The summed E-state index contributed by atoms with van der Waals surface area (Å²) in [5, 5.41) is 9.98. The minimum absolute atomic E-state index is 0.262. The first-order valence-electron chi connectivity index (χ1n) is 5.40. The van der Waals surface area contributed by atoms with Gasteiger partial charge >= 0.3 is 6.09 Å². The molecule has 0 bridgehead atoms. The van der Waals surface area contributed by atoms with Crippen LogP contribution in [0, 0.1) is 0 Å². The molecular weight excluding hydrogens is 284 g/mol. The third-order valence-corrected chi connectivity index (χ3v) is 3.93. The Morgan fingerprint density at radius 2 is 2.12 bits per heavy atom. The minimum atomic E-state index is -0.834. The number of amides is 1. The highest BCUT2D eigenvalue weighted by Gasteiger charge is 2.32. The van der Waals surface area contributed by atoms with Crippen LogP contribution in [0.25, 0.3) is 10.9 Å². The van der Waals surface area contributed by atoms with Crippen molar-refractivity contribution in [2.45, 2.75) is 6.04 Å². The molecule has 17 heavy (non-hydrogen) atoms. The fraction of sp³-hybridized carbons (Fsp3) is 0.250. The van der Waals surface area contributed by atoms with E-state index in [1.807, 2.05) is 18.3 Å². The molecule has 0 radical (unpaired) electrons. The highest BCUT2D eigenvalue weighted by atomic mass is 79.9. The van der Waals surface area contributed by atoms with Gasteiger partial charge in [0.25, 0.3) is 0 Å². The zero-order valence-corrected chi connectivity index (χ0v) is 10.6. The summed E-state index contributed by atoms with van der Waals surface area (Å²) in [5.41, 5.74) is 1.15. The van der Waals surface area contributed by atoms with Crippen molar-refractivity contribution >= 4 is 32.9 Å². The Kier molecular flexibility index (Phi) is 2.36. The second-order valence-electron chi connectivity index (χ2n) is 4.24. The number of hydrogen-bond donors (Lipinski definition) is 1. The first-order valence-corrected chi connectivity index (χ1v) is 6.19. The Labute approximate surface area is 107 Å². The van der Waals surface area contributed by atoms with Gasteiger partial charge in [0.15, 0.2) is 0 Å². The van der Waals surface area contributed by atoms with Crippen molar-refractivity contribution in [3.8, 4) is 0 Å². The summed E-state index contributed by atoms with van der Waals surface area (Å²) in [6.45, 7) is 1.15. The number of benzene rings is 1. The number of likely N-dealkylation sites (tertiary alicyclic amines) is 1. The number of carboxylic acid groups (broad SMARTS) is 1. The molecule has 2 aromatic rings. The molecule has 1 N–H and O–H groups in total. The van der Waals surface area contributed by atoms with E-state index >= 15 is 0 Å². The Balaban J connectivity index is 1.93. The van der Waals surface area contributed by atoms with E-state index in [0.717, 1.165) is 9.99 Å². The van der Waals surface area contributed by atoms with E-state index in [4.69, 9.17) is 5.11 Å². The van der Waals surface area contributed by atoms with E-state index in [1.54, 1.807) is 0 Å². The summed E-state index contributed by atoms with van der Waals surface area (Å²) in [6.07, 6.45) is 1.19. The van der Waals surface area contributed by atoms with Gasteiger partial charge in [-0.15, -0.1) is 0 Å². The van der Waals surface area contributed by atoms with Crippen molar-refractivity contribution < 1.29 is 9.90 Å². The Hall–Kier alpha value is -1.49. The number of fused-ring (bicyclic) bond motifs is 1. The molecule has 88 valence electrons. The summed E-state index contributed by atoms with van der Waals surface area (Å²) < 4.78 is 3.22. The van der Waals surface area contributed by atoms with Crippen molar-refractivity contribution in [3.05, 3.63) is 34.9 Å². The minimum Gasteiger partial charge on any atom is -0.465 e. The molecule has 1 saturated heterocycles. The number of carbonyl (C=O) groups is 1. The van der Waals surface area contributed by atoms with Crippen LogP contribution < -0.4 is 0 Å². The normalized spacial score (nSPS) is 16.2. The van der Waals surface area contributed by atoms with Gasteiger partial charge in [-0.25, -0.2) is 4.79 Å². The van der Waals surface area contributed by atoms with Crippen LogP contribution in [0.1, 0.15) is 6.04 Å². The molecule has 5 heteroatoms. The largest absolute Gasteiger partial charge is 0.465 e. The maximum Gasteiger partial charge on any atom is 0.407 e. The van der Waals surface area contributed by atoms with E-state index in [9.17, 15) is 4.79 Å². The Morgan fingerprint density at radius 3 is 2.82 bits per heavy atom. The fourth-order valence-electron chi connectivity index (χ4n) is 2.26. The zero-order valence-electron chi connectivity index (χ0n) is 9.01. The molecule has 0 saturated carbocycles. The predicted octanol–water partition coefficient (Wildman–Crippen LogP) is 2.94. The first kappa shape index (κ1) is 10.7. The summed E-state index contributed by atoms with van der Waals surface area (Å²) >= 11 is 3.52. The Bertz CT molecular complexity index is 587. The molecule has 3 rings (SSSR count). The molecule has 1 aromatic carbocycles. The highest BCUT2D eigenvalue weighted by Crippen LogP contribution is 2.30. The molecule has 4 nitrogen and oxygen atoms in total. The number of hydrogen-bond acceptors (Lipinski definition) is 1. The van der Waals surface area contributed by atoms with Crippen LogP contribution in [0.5, 0.6) is 0 Å². The van der Waals surface area contributed by atoms with Crippen LogP contribution in [0.3, 0.4) is 0 Å². The quantitative estimate of drug-likeness (QED) is 0.879. The monoisotopic (exact) mass is 294 g/mol. The van der Waals surface area contributed by atoms with Crippen LogP contribution in [-0.2, 0) is 0 Å². The van der Waals surface area contributed by atoms with Gasteiger partial charge in [-0.1, -0.05) is 22.0 Å². The van der Waals surface area contributed by atoms with Gasteiger partial charge < -0.3 is 14.6 Å². The molecular formula is C12H11BrN2O2. The summed E-state index contributed by atoms with van der Waals surface area (Å²) in [4.78, 5) is 12.1. The van der Waals surface area contributed by atoms with E-state index in [1.165, 1.54) is 10.3 Å². The maximum absolute atomic E-state index is 10.7. The molecule has 1 aliphatic rings. The lowest BCUT2D eigenvalue weighted by Gasteiger charge is -2.38. The van der Waals surface area contributed by atoms with E-state index in [-0.39, 0.29) is 6.04 Å². The van der Waals surface area contributed by atoms with Crippen molar-refractivity contribution in [1.82, 2.24) is 9.47 Å². The molecule has 2 heterocycles. The lowest BCUT2D eigenvalue weighted by atomic mass is 10.1. The lowest BCUT2D eigenvalue weighted by Crippen LogP contribution is -2.49. The van der Waals surface area contributed by atoms with Gasteiger partial charge in [0.2, 0.25) is 0 Å². The van der Waals surface area contributed by atoms with Gasteiger partial charge in [-0.3, -0.25) is 0 Å². The summed E-state index contributed by atoms with van der Waals surface area (Å²) in [7, 11) is 0. The SMILES string of the molecule is O=C(O)N1CC(n2ccc3c(Br)cccc32)C1. The number of aromatic nitrogens is 1. The third kappa shape index (κ3) is 1.61. The van der Waals surface area contributed by atoms with Gasteiger partial charge in [0.1, 0.15) is 0 Å². The number of rotatable bonds is 1. The van der Waals surface area contributed by atoms with Gasteiger partial charge in [-0.05, 0) is 18.2 Å². The van der Waals surface area contributed by atoms with Gasteiger partial charge in [0.05, 0.1) is 6.04 Å². The van der Waals surface area contributed by atoms with Gasteiger partial charge in [-0.2, -0.15) is 0 Å². The van der Waals surface area contributed by atoms with E-state index < -0.39 is 6.09 Å². The number of nitrogens with zero attached hydrogens (tertiary/aromatic N) is 2. The van der Waals surface area contributed by atoms with Gasteiger partial charge in [0, 0.05) is 34.7 Å². The average molecular weight is 295 g/mol. The van der Waals surface area contributed by atoms with Crippen molar-refractivity contribution in [3.63, 3.8) is 0 Å². The van der Waals surface area contributed by atoms with Crippen LogP contribution in [-0.4, -0.2) is 33.8 Å². The van der Waals surface area contributed by atoms with Crippen molar-refractivity contribution in [2.75, 3.05) is 13.1 Å². The average Bonchev–Trinajstić information content (AvgIpc) is 2.61. The van der Waals surface area contributed by atoms with Crippen molar-refractivity contribution in [2.24, 2.45) is 0 Å². The molecule has 1 fully saturated rings. The van der Waals surface area contributed by atoms with Crippen LogP contribution in [0.4, 0.5) is 4.79 Å². The molecule has 1 aliphatic heterocycles. The molecule has 0 unspecified atom stereocenters. The first-order chi connectivity index (χ1) is 8.16. The van der Waals surface area contributed by atoms with Crippen molar-refractivity contribution in [1.29, 1.82) is 0 Å². The molecule has 1 aromatic heterocycles. The van der Waals surface area contributed by atoms with Crippen LogP contribution >= 0.6 is 15.9 Å². The topological polar surface area (TPSA) is 45.5 Å². The highest BCUT2D eigenvalue weighted by molar-refractivity contribution is 9.10.